The van der Waals surface area contributed by atoms with E-state index in [9.17, 15) is 19.2 Å². The second-order valence-corrected chi connectivity index (χ2v) is 11.4. The Kier molecular flexibility index (Phi) is 4.74. The number of carboxylic acid groups (broad SMARTS) is 1. The standard InChI is InChI=1S/C23H22N2O6S2/c1-31-10-4-2-9(3-5-10)14-15-11-8-12(18(15)32-20-19(14)33-23(30)24-20)17-16(11)21(28)25(22(17)29)7-6-13(26)27/h2-5,11-12,14-18H,6-8H2,1H3,(H,24,30)(H,26,27)/t11-,12+,14+,15+,16+,17+,18+/m0/s1. The number of rotatable bonds is 5. The maximum Gasteiger partial charge on any atom is 0.305 e. The van der Waals surface area contributed by atoms with E-state index >= 15 is 0 Å². The van der Waals surface area contributed by atoms with E-state index in [1.165, 1.54) is 16.2 Å². The van der Waals surface area contributed by atoms with Crippen LogP contribution in [-0.4, -0.2) is 51.7 Å². The van der Waals surface area contributed by atoms with Crippen molar-refractivity contribution in [1.82, 2.24) is 9.88 Å². The second kappa shape index (κ2) is 7.46. The van der Waals surface area contributed by atoms with Crippen LogP contribution >= 0.6 is 23.1 Å². The van der Waals surface area contributed by atoms with Crippen LogP contribution in [0.1, 0.15) is 29.2 Å². The first kappa shape index (κ1) is 21.0. The molecule has 0 radical (unpaired) electrons. The number of thioether (sulfide) groups is 1. The number of likely N-dealkylation sites (tertiary alicyclic amines) is 1. The molecule has 6 rings (SSSR count). The number of aromatic nitrogens is 1. The van der Waals surface area contributed by atoms with Gasteiger partial charge in [0.05, 0.1) is 30.4 Å². The van der Waals surface area contributed by atoms with Gasteiger partial charge in [-0.25, -0.2) is 0 Å². The minimum atomic E-state index is -1.02. The molecule has 2 amide bonds. The third-order valence-corrected chi connectivity index (χ3v) is 10.4. The van der Waals surface area contributed by atoms with Crippen LogP contribution in [0.15, 0.2) is 34.1 Å². The van der Waals surface area contributed by atoms with Crippen LogP contribution in [0.5, 0.6) is 5.75 Å². The lowest BCUT2D eigenvalue weighted by Gasteiger charge is -2.43. The summed E-state index contributed by atoms with van der Waals surface area (Å²) in [4.78, 5) is 54.9. The monoisotopic (exact) mass is 486 g/mol. The number of carbonyl (C=O) groups is 3. The van der Waals surface area contributed by atoms with Gasteiger partial charge in [-0.05, 0) is 41.9 Å². The third kappa shape index (κ3) is 2.96. The number of hydrogen-bond donors (Lipinski definition) is 2. The van der Waals surface area contributed by atoms with Crippen LogP contribution in [0.4, 0.5) is 0 Å². The number of amides is 2. The number of fused-ring (bicyclic) bond motifs is 9. The van der Waals surface area contributed by atoms with Gasteiger partial charge in [-0.2, -0.15) is 0 Å². The average Bonchev–Trinajstić information content (AvgIpc) is 3.52. The lowest BCUT2D eigenvalue weighted by atomic mass is 9.68. The van der Waals surface area contributed by atoms with E-state index in [2.05, 4.69) is 4.98 Å². The van der Waals surface area contributed by atoms with E-state index in [0.29, 0.717) is 0 Å². The van der Waals surface area contributed by atoms with Gasteiger partial charge in [-0.1, -0.05) is 23.5 Å². The molecule has 172 valence electrons. The lowest BCUT2D eigenvalue weighted by Crippen LogP contribution is -2.42. The van der Waals surface area contributed by atoms with E-state index in [-0.39, 0.29) is 64.5 Å². The number of methoxy groups -OCH3 is 1. The molecule has 1 aromatic carbocycles. The largest absolute Gasteiger partial charge is 0.497 e. The summed E-state index contributed by atoms with van der Waals surface area (Å²) in [7, 11) is 1.62. The Labute approximate surface area is 197 Å². The molecule has 2 aliphatic heterocycles. The van der Waals surface area contributed by atoms with Gasteiger partial charge < -0.3 is 14.8 Å². The highest BCUT2D eigenvalue weighted by Crippen LogP contribution is 2.68. The SMILES string of the molecule is COc1ccc([C@H]2c3sc(=O)[nH]c3S[C@@H]3[C@@H]4C[C@H]([C@H]5C(=O)N(CCC(=O)O)C(=O)[C@H]45)[C@H]23)cc1. The number of carbonyl (C=O) groups excluding carboxylic acids is 2. The van der Waals surface area contributed by atoms with Crippen molar-refractivity contribution in [2.75, 3.05) is 13.7 Å². The molecule has 3 fully saturated rings. The molecule has 4 aliphatic rings. The summed E-state index contributed by atoms with van der Waals surface area (Å²) in [6.45, 7) is -0.0650. The normalized spacial score (nSPS) is 33.7. The summed E-state index contributed by atoms with van der Waals surface area (Å²) in [6, 6.07) is 7.87. The molecule has 2 aromatic rings. The van der Waals surface area contributed by atoms with E-state index < -0.39 is 11.9 Å². The summed E-state index contributed by atoms with van der Waals surface area (Å²) in [6.07, 6.45) is 0.578. The first-order valence-corrected chi connectivity index (χ1v) is 12.7. The molecular weight excluding hydrogens is 464 g/mol. The number of ether oxygens (including phenoxy) is 1. The summed E-state index contributed by atoms with van der Waals surface area (Å²) in [5.41, 5.74) is 1.08. The van der Waals surface area contributed by atoms with Gasteiger partial charge in [0.2, 0.25) is 11.8 Å². The maximum atomic E-state index is 13.3. The molecule has 0 spiro atoms. The average molecular weight is 487 g/mol. The molecule has 0 unspecified atom stereocenters. The zero-order chi connectivity index (χ0) is 23.0. The number of aromatic amines is 1. The van der Waals surface area contributed by atoms with Crippen molar-refractivity contribution in [3.8, 4) is 5.75 Å². The highest BCUT2D eigenvalue weighted by molar-refractivity contribution is 8.00. The zero-order valence-electron chi connectivity index (χ0n) is 17.7. The first-order valence-electron chi connectivity index (χ1n) is 11.0. The fraction of sp³-hybridized carbons (Fsp3) is 0.478. The smallest absolute Gasteiger partial charge is 0.305 e. The van der Waals surface area contributed by atoms with Crippen molar-refractivity contribution in [2.45, 2.75) is 29.0 Å². The van der Waals surface area contributed by atoms with Crippen molar-refractivity contribution in [3.05, 3.63) is 44.4 Å². The van der Waals surface area contributed by atoms with Gasteiger partial charge in [-0.3, -0.25) is 24.1 Å². The maximum absolute atomic E-state index is 13.3. The number of nitrogens with zero attached hydrogens (tertiary/aromatic N) is 1. The number of imide groups is 1. The summed E-state index contributed by atoms with van der Waals surface area (Å²) < 4.78 is 5.31. The Morgan fingerprint density at radius 2 is 1.85 bits per heavy atom. The minimum Gasteiger partial charge on any atom is -0.497 e. The quantitative estimate of drug-likeness (QED) is 0.623. The van der Waals surface area contributed by atoms with Gasteiger partial charge in [0.1, 0.15) is 5.75 Å². The molecule has 2 bridgehead atoms. The van der Waals surface area contributed by atoms with Gasteiger partial charge in [0.15, 0.2) is 0 Å². The number of H-pyrrole nitrogens is 1. The molecule has 3 heterocycles. The van der Waals surface area contributed by atoms with Crippen LogP contribution in [0.25, 0.3) is 0 Å². The predicted molar refractivity (Wildman–Crippen MR) is 120 cm³/mol. The number of aliphatic carboxylic acids is 1. The molecular formula is C23H22N2O6S2. The number of benzene rings is 1. The third-order valence-electron chi connectivity index (χ3n) is 7.84. The van der Waals surface area contributed by atoms with Crippen LogP contribution in [-0.2, 0) is 14.4 Å². The number of carboxylic acids is 1. The Morgan fingerprint density at radius 1 is 1.15 bits per heavy atom. The van der Waals surface area contributed by atoms with E-state index in [0.717, 1.165) is 27.6 Å². The van der Waals surface area contributed by atoms with Crippen molar-refractivity contribution < 1.29 is 24.2 Å². The Bertz CT molecular complexity index is 1220. The number of hydrogen-bond acceptors (Lipinski definition) is 7. The van der Waals surface area contributed by atoms with Crippen molar-refractivity contribution in [2.24, 2.45) is 29.6 Å². The van der Waals surface area contributed by atoms with Crippen LogP contribution in [0.3, 0.4) is 0 Å². The molecule has 33 heavy (non-hydrogen) atoms. The minimum absolute atomic E-state index is 0.0289. The molecule has 10 heteroatoms. The van der Waals surface area contributed by atoms with Crippen LogP contribution in [0, 0.1) is 29.6 Å². The predicted octanol–water partition coefficient (Wildman–Crippen LogP) is 2.39. The molecule has 2 N–H and O–H groups in total. The summed E-state index contributed by atoms with van der Waals surface area (Å²) in [5, 5.41) is 10.0. The zero-order valence-corrected chi connectivity index (χ0v) is 19.4. The van der Waals surface area contributed by atoms with Crippen LogP contribution in [0.2, 0.25) is 0 Å². The highest BCUT2D eigenvalue weighted by Gasteiger charge is 2.69. The van der Waals surface area contributed by atoms with Crippen molar-refractivity contribution >= 4 is 40.9 Å². The van der Waals surface area contributed by atoms with E-state index in [1.54, 1.807) is 18.9 Å². The summed E-state index contributed by atoms with van der Waals surface area (Å²) >= 11 is 2.87. The Morgan fingerprint density at radius 3 is 2.52 bits per heavy atom. The van der Waals surface area contributed by atoms with Gasteiger partial charge in [0, 0.05) is 22.6 Å². The lowest BCUT2D eigenvalue weighted by molar-refractivity contribution is -0.142. The topological polar surface area (TPSA) is 117 Å². The van der Waals surface area contributed by atoms with Crippen molar-refractivity contribution in [1.29, 1.82) is 0 Å². The van der Waals surface area contributed by atoms with E-state index in [4.69, 9.17) is 9.84 Å². The first-order chi connectivity index (χ1) is 15.9. The highest BCUT2D eigenvalue weighted by atomic mass is 32.2. The fourth-order valence-electron chi connectivity index (χ4n) is 6.69. The molecule has 1 aromatic heterocycles. The molecule has 7 atom stereocenters. The number of nitrogens with one attached hydrogen (secondary N) is 1. The number of thiazole rings is 1. The molecule has 2 saturated carbocycles. The Hall–Kier alpha value is -2.59. The van der Waals surface area contributed by atoms with Crippen LogP contribution < -0.4 is 9.61 Å². The second-order valence-electron chi connectivity index (χ2n) is 9.21. The fourth-order valence-corrected chi connectivity index (χ4v) is 9.58. The Balaban J connectivity index is 1.40. The van der Waals surface area contributed by atoms with E-state index in [1.807, 2.05) is 24.3 Å². The molecule has 8 nitrogen and oxygen atoms in total. The van der Waals surface area contributed by atoms with Gasteiger partial charge >= 0.3 is 10.8 Å². The van der Waals surface area contributed by atoms with Crippen molar-refractivity contribution in [3.63, 3.8) is 0 Å². The van der Waals surface area contributed by atoms with Gasteiger partial charge in [-0.15, -0.1) is 11.8 Å². The summed E-state index contributed by atoms with van der Waals surface area (Å²) in [5.74, 6) is -1.32. The molecule has 1 saturated heterocycles. The van der Waals surface area contributed by atoms with Gasteiger partial charge in [0.25, 0.3) is 0 Å². The molecule has 2 aliphatic carbocycles.